The van der Waals surface area contributed by atoms with Gasteiger partial charge in [0, 0.05) is 29.7 Å². The van der Waals surface area contributed by atoms with E-state index in [0.29, 0.717) is 18.0 Å². The monoisotopic (exact) mass is 333 g/mol. The Hall–Kier alpha value is -1.69. The number of nitrogens with zero attached hydrogens (tertiary/aromatic N) is 2. The van der Waals surface area contributed by atoms with Gasteiger partial charge in [-0.2, -0.15) is 0 Å². The maximum atomic E-state index is 10.1. The predicted molar refractivity (Wildman–Crippen MR) is 90.4 cm³/mol. The lowest BCUT2D eigenvalue weighted by molar-refractivity contribution is -0.0438. The Kier molecular flexibility index (Phi) is 4.80. The van der Waals surface area contributed by atoms with Crippen molar-refractivity contribution in [1.82, 2.24) is 9.97 Å². The van der Waals surface area contributed by atoms with Crippen LogP contribution in [0.4, 0.5) is 5.69 Å². The van der Waals surface area contributed by atoms with E-state index >= 15 is 0 Å². The van der Waals surface area contributed by atoms with Crippen molar-refractivity contribution >= 4 is 17.3 Å². The van der Waals surface area contributed by atoms with Gasteiger partial charge in [-0.15, -0.1) is 0 Å². The fourth-order valence-corrected chi connectivity index (χ4v) is 3.11. The molecule has 1 aliphatic carbocycles. The Morgan fingerprint density at radius 2 is 2.04 bits per heavy atom. The van der Waals surface area contributed by atoms with Gasteiger partial charge in [-0.05, 0) is 43.9 Å². The van der Waals surface area contributed by atoms with E-state index in [4.69, 9.17) is 11.6 Å². The van der Waals surface area contributed by atoms with Crippen LogP contribution in [0.1, 0.15) is 25.7 Å². The van der Waals surface area contributed by atoms with Gasteiger partial charge in [0.05, 0.1) is 17.9 Å². The summed E-state index contributed by atoms with van der Waals surface area (Å²) in [5.74, 6) is 0. The van der Waals surface area contributed by atoms with Crippen LogP contribution in [0, 0.1) is 0 Å². The average molecular weight is 334 g/mol. The first-order chi connectivity index (χ1) is 11.1. The number of aliphatic hydroxyl groups excluding tert-OH is 1. The molecule has 0 atom stereocenters. The van der Waals surface area contributed by atoms with E-state index in [1.165, 1.54) is 0 Å². The number of hydrogen-bond donors (Lipinski definition) is 3. The van der Waals surface area contributed by atoms with Gasteiger partial charge in [-0.1, -0.05) is 17.7 Å². The maximum absolute atomic E-state index is 10.1. The van der Waals surface area contributed by atoms with Crippen molar-refractivity contribution in [3.63, 3.8) is 0 Å². The standard InChI is InChI=1S/C17H20ClN3O2/c18-16-9-15(13(10-20-16)14-3-1-2-8-19-14)21-12-4-6-17(23,11-22)7-5-12/h1-3,8-10,12,22-23H,4-7,11H2,(H,20,21). The lowest BCUT2D eigenvalue weighted by atomic mass is 9.82. The molecule has 0 aliphatic heterocycles. The Morgan fingerprint density at radius 1 is 1.26 bits per heavy atom. The highest BCUT2D eigenvalue weighted by Crippen LogP contribution is 2.33. The minimum absolute atomic E-state index is 0.181. The van der Waals surface area contributed by atoms with Gasteiger partial charge in [-0.3, -0.25) is 4.98 Å². The molecule has 6 heteroatoms. The lowest BCUT2D eigenvalue weighted by Gasteiger charge is -2.35. The number of anilines is 1. The van der Waals surface area contributed by atoms with Gasteiger partial charge in [-0.25, -0.2) is 4.98 Å². The van der Waals surface area contributed by atoms with Gasteiger partial charge in [0.15, 0.2) is 0 Å². The predicted octanol–water partition coefficient (Wildman–Crippen LogP) is 2.87. The summed E-state index contributed by atoms with van der Waals surface area (Å²) in [5, 5.41) is 23.3. The van der Waals surface area contributed by atoms with Crippen LogP contribution in [0.5, 0.6) is 0 Å². The highest BCUT2D eigenvalue weighted by molar-refractivity contribution is 6.29. The first-order valence-electron chi connectivity index (χ1n) is 7.76. The molecule has 0 amide bonds. The number of nitrogens with one attached hydrogen (secondary N) is 1. The minimum Gasteiger partial charge on any atom is -0.393 e. The smallest absolute Gasteiger partial charge is 0.131 e. The van der Waals surface area contributed by atoms with E-state index < -0.39 is 5.60 Å². The first-order valence-corrected chi connectivity index (χ1v) is 8.14. The van der Waals surface area contributed by atoms with Crippen molar-refractivity contribution in [2.24, 2.45) is 0 Å². The summed E-state index contributed by atoms with van der Waals surface area (Å²) in [6, 6.07) is 7.77. The molecule has 1 aliphatic rings. The highest BCUT2D eigenvalue weighted by atomic mass is 35.5. The Bertz CT molecular complexity index is 658. The zero-order chi connectivity index (χ0) is 16.3. The van der Waals surface area contributed by atoms with Crippen LogP contribution in [0.2, 0.25) is 5.15 Å². The Labute approximate surface area is 140 Å². The third kappa shape index (κ3) is 3.80. The Balaban J connectivity index is 1.79. The van der Waals surface area contributed by atoms with Crippen LogP contribution in [-0.4, -0.2) is 38.4 Å². The SMILES string of the molecule is OCC1(O)CCC(Nc2cc(Cl)ncc2-c2ccccn2)CC1. The second kappa shape index (κ2) is 6.83. The maximum Gasteiger partial charge on any atom is 0.131 e. The van der Waals surface area contributed by atoms with E-state index in [1.54, 1.807) is 18.5 Å². The van der Waals surface area contributed by atoms with Crippen molar-refractivity contribution in [1.29, 1.82) is 0 Å². The third-order valence-electron chi connectivity index (χ3n) is 4.38. The summed E-state index contributed by atoms with van der Waals surface area (Å²) in [5.41, 5.74) is 1.70. The fourth-order valence-electron chi connectivity index (χ4n) is 2.95. The van der Waals surface area contributed by atoms with Crippen LogP contribution >= 0.6 is 11.6 Å². The lowest BCUT2D eigenvalue weighted by Crippen LogP contribution is -2.41. The second-order valence-electron chi connectivity index (χ2n) is 6.07. The van der Waals surface area contributed by atoms with E-state index in [0.717, 1.165) is 29.8 Å². The summed E-state index contributed by atoms with van der Waals surface area (Å²) in [4.78, 5) is 8.53. The quantitative estimate of drug-likeness (QED) is 0.750. The van der Waals surface area contributed by atoms with Gasteiger partial charge in [0.2, 0.25) is 0 Å². The summed E-state index contributed by atoms with van der Waals surface area (Å²) < 4.78 is 0. The zero-order valence-electron chi connectivity index (χ0n) is 12.7. The third-order valence-corrected chi connectivity index (χ3v) is 4.59. The number of hydrogen-bond acceptors (Lipinski definition) is 5. The molecule has 2 heterocycles. The van der Waals surface area contributed by atoms with Gasteiger partial charge in [0.1, 0.15) is 5.15 Å². The number of aliphatic hydroxyl groups is 2. The molecule has 0 spiro atoms. The number of halogens is 1. The molecule has 1 saturated carbocycles. The van der Waals surface area contributed by atoms with Crippen LogP contribution in [-0.2, 0) is 0 Å². The number of pyridine rings is 2. The van der Waals surface area contributed by atoms with E-state index in [9.17, 15) is 10.2 Å². The summed E-state index contributed by atoms with van der Waals surface area (Å²) in [6.07, 6.45) is 6.21. The molecule has 0 aromatic carbocycles. The molecule has 0 radical (unpaired) electrons. The molecule has 0 bridgehead atoms. The molecule has 5 nitrogen and oxygen atoms in total. The minimum atomic E-state index is -0.933. The van der Waals surface area contributed by atoms with Crippen LogP contribution in [0.3, 0.4) is 0 Å². The van der Waals surface area contributed by atoms with Gasteiger partial charge in [0.25, 0.3) is 0 Å². The van der Waals surface area contributed by atoms with E-state index in [2.05, 4.69) is 15.3 Å². The molecule has 2 aromatic rings. The summed E-state index contributed by atoms with van der Waals surface area (Å²) in [7, 11) is 0. The number of aromatic nitrogens is 2. The molecular weight excluding hydrogens is 314 g/mol. The molecule has 0 saturated heterocycles. The topological polar surface area (TPSA) is 78.3 Å². The molecule has 122 valence electrons. The van der Waals surface area contributed by atoms with Crippen molar-refractivity contribution in [2.45, 2.75) is 37.3 Å². The van der Waals surface area contributed by atoms with Crippen LogP contribution in [0.15, 0.2) is 36.7 Å². The van der Waals surface area contributed by atoms with E-state index in [-0.39, 0.29) is 12.6 Å². The van der Waals surface area contributed by atoms with Crippen LogP contribution in [0.25, 0.3) is 11.3 Å². The van der Waals surface area contributed by atoms with Crippen molar-refractivity contribution < 1.29 is 10.2 Å². The van der Waals surface area contributed by atoms with Crippen molar-refractivity contribution in [2.75, 3.05) is 11.9 Å². The second-order valence-corrected chi connectivity index (χ2v) is 6.46. The molecule has 2 aromatic heterocycles. The first kappa shape index (κ1) is 16.2. The van der Waals surface area contributed by atoms with Gasteiger partial charge < -0.3 is 15.5 Å². The molecule has 1 fully saturated rings. The van der Waals surface area contributed by atoms with E-state index in [1.807, 2.05) is 18.2 Å². The van der Waals surface area contributed by atoms with Crippen molar-refractivity contribution in [3.8, 4) is 11.3 Å². The summed E-state index contributed by atoms with van der Waals surface area (Å²) >= 11 is 6.05. The van der Waals surface area contributed by atoms with Crippen molar-refractivity contribution in [3.05, 3.63) is 41.8 Å². The normalized spacial score (nSPS) is 24.4. The number of rotatable bonds is 4. The molecule has 23 heavy (non-hydrogen) atoms. The molecule has 0 unspecified atom stereocenters. The van der Waals surface area contributed by atoms with Crippen LogP contribution < -0.4 is 5.32 Å². The highest BCUT2D eigenvalue weighted by Gasteiger charge is 2.32. The molecular formula is C17H20ClN3O2. The molecule has 3 rings (SSSR count). The zero-order valence-corrected chi connectivity index (χ0v) is 13.5. The van der Waals surface area contributed by atoms with Gasteiger partial charge >= 0.3 is 0 Å². The Morgan fingerprint density at radius 3 is 2.70 bits per heavy atom. The molecule has 3 N–H and O–H groups in total. The average Bonchev–Trinajstić information content (AvgIpc) is 2.58. The fraction of sp³-hybridized carbons (Fsp3) is 0.412. The summed E-state index contributed by atoms with van der Waals surface area (Å²) in [6.45, 7) is -0.181. The largest absolute Gasteiger partial charge is 0.393 e.